The zero-order valence-electron chi connectivity index (χ0n) is 18.5. The van der Waals surface area contributed by atoms with Gasteiger partial charge in [-0.05, 0) is 11.8 Å². The summed E-state index contributed by atoms with van der Waals surface area (Å²) in [5.41, 5.74) is 12.1. The van der Waals surface area contributed by atoms with Crippen LogP contribution in [0.25, 0.3) is 0 Å². The number of ether oxygens (including phenoxy) is 3. The van der Waals surface area contributed by atoms with Crippen LogP contribution in [0.1, 0.15) is 27.7 Å². The average molecular weight is 417 g/mol. The van der Waals surface area contributed by atoms with E-state index in [0.29, 0.717) is 65.8 Å². The van der Waals surface area contributed by atoms with Crippen molar-refractivity contribution in [2.45, 2.75) is 39.8 Å². The Hall–Kier alpha value is -1.26. The third kappa shape index (κ3) is 9.39. The van der Waals surface area contributed by atoms with Crippen LogP contribution in [0.4, 0.5) is 0 Å². The molecular weight excluding hydrogens is 376 g/mol. The van der Waals surface area contributed by atoms with Crippen LogP contribution in [-0.2, 0) is 23.8 Å². The van der Waals surface area contributed by atoms with Crippen molar-refractivity contribution in [2.24, 2.45) is 23.3 Å². The Morgan fingerprint density at radius 1 is 0.621 bits per heavy atom. The third-order valence-electron chi connectivity index (χ3n) is 5.02. The maximum absolute atomic E-state index is 12.6. The molecule has 4 N–H and O–H groups in total. The molecule has 1 saturated heterocycles. The van der Waals surface area contributed by atoms with Gasteiger partial charge in [-0.25, -0.2) is 0 Å². The number of hydrogen-bond acceptors (Lipinski definition) is 7. The number of carbonyl (C=O) groups excluding carboxylic acids is 2. The Morgan fingerprint density at radius 3 is 1.17 bits per heavy atom. The van der Waals surface area contributed by atoms with E-state index in [1.165, 1.54) is 0 Å². The van der Waals surface area contributed by atoms with Gasteiger partial charge in [0.25, 0.3) is 0 Å². The van der Waals surface area contributed by atoms with E-state index in [0.717, 1.165) is 0 Å². The monoisotopic (exact) mass is 416 g/mol. The zero-order chi connectivity index (χ0) is 21.8. The van der Waals surface area contributed by atoms with Crippen molar-refractivity contribution in [1.82, 2.24) is 9.80 Å². The van der Waals surface area contributed by atoms with E-state index in [1.54, 1.807) is 9.80 Å². The second-order valence-electron chi connectivity index (χ2n) is 8.03. The van der Waals surface area contributed by atoms with Crippen molar-refractivity contribution in [2.75, 3.05) is 65.8 Å². The number of amides is 2. The number of hydrogen-bond donors (Lipinski definition) is 2. The number of carbonyl (C=O) groups is 2. The van der Waals surface area contributed by atoms with Gasteiger partial charge in [-0.3, -0.25) is 9.59 Å². The van der Waals surface area contributed by atoms with E-state index in [2.05, 4.69) is 0 Å². The normalized spacial score (nSPS) is 20.8. The first-order valence-corrected chi connectivity index (χ1v) is 10.6. The summed E-state index contributed by atoms with van der Waals surface area (Å²) in [7, 11) is 0. The molecule has 29 heavy (non-hydrogen) atoms. The van der Waals surface area contributed by atoms with Crippen molar-refractivity contribution in [3.8, 4) is 0 Å². The van der Waals surface area contributed by atoms with Crippen LogP contribution in [-0.4, -0.2) is 99.5 Å². The van der Waals surface area contributed by atoms with Crippen LogP contribution in [0, 0.1) is 11.8 Å². The Kier molecular flexibility index (Phi) is 12.3. The molecule has 0 saturated carbocycles. The van der Waals surface area contributed by atoms with Crippen LogP contribution in [0.15, 0.2) is 0 Å². The number of nitrogens with zero attached hydrogens (tertiary/aromatic N) is 2. The second kappa shape index (κ2) is 13.9. The summed E-state index contributed by atoms with van der Waals surface area (Å²) < 4.78 is 16.8. The van der Waals surface area contributed by atoms with E-state index in [-0.39, 0.29) is 23.7 Å². The molecular formula is C20H40N4O5. The van der Waals surface area contributed by atoms with E-state index >= 15 is 0 Å². The lowest BCUT2D eigenvalue weighted by Gasteiger charge is -2.28. The molecule has 1 aliphatic rings. The number of nitrogens with two attached hydrogens (primary N) is 2. The van der Waals surface area contributed by atoms with Crippen LogP contribution in [0.5, 0.6) is 0 Å². The van der Waals surface area contributed by atoms with E-state index in [1.807, 2.05) is 27.7 Å². The summed E-state index contributed by atoms with van der Waals surface area (Å²) in [6, 6.07) is -1.10. The van der Waals surface area contributed by atoms with Gasteiger partial charge in [0.15, 0.2) is 0 Å². The van der Waals surface area contributed by atoms with Gasteiger partial charge in [0.05, 0.1) is 51.7 Å². The lowest BCUT2D eigenvalue weighted by molar-refractivity contribution is -0.135. The smallest absolute Gasteiger partial charge is 0.239 e. The Morgan fingerprint density at radius 2 is 0.897 bits per heavy atom. The summed E-state index contributed by atoms with van der Waals surface area (Å²) in [4.78, 5) is 28.6. The predicted octanol–water partition coefficient (Wildman–Crippen LogP) is -0.326. The van der Waals surface area contributed by atoms with Gasteiger partial charge in [0.1, 0.15) is 0 Å². The standard InChI is InChI=1S/C20H40N4O5/c1-15(2)17(21)19(25)23-5-9-27-10-6-24(20(26)18(22)16(3)4)8-12-29-14-13-28-11-7-23/h15-18H,5-14,21-22H2,1-4H3/t17-,18+. The fraction of sp³-hybridized carbons (Fsp3) is 0.900. The van der Waals surface area contributed by atoms with Crippen LogP contribution < -0.4 is 11.5 Å². The Labute approximate surface area is 175 Å². The Bertz CT molecular complexity index is 447. The Balaban J connectivity index is 2.68. The molecule has 0 unspecified atom stereocenters. The molecule has 1 rings (SSSR count). The summed E-state index contributed by atoms with van der Waals surface area (Å²) >= 11 is 0. The molecule has 1 heterocycles. The summed E-state index contributed by atoms with van der Waals surface area (Å²) in [6.07, 6.45) is 0. The van der Waals surface area contributed by atoms with Gasteiger partial charge < -0.3 is 35.5 Å². The van der Waals surface area contributed by atoms with Crippen molar-refractivity contribution >= 4 is 11.8 Å². The third-order valence-corrected chi connectivity index (χ3v) is 5.02. The topological polar surface area (TPSA) is 120 Å². The quantitative estimate of drug-likeness (QED) is 0.644. The van der Waals surface area contributed by atoms with Gasteiger partial charge in [0.2, 0.25) is 11.8 Å². The summed E-state index contributed by atoms with van der Waals surface area (Å²) in [5.74, 6) is -0.0990. The molecule has 2 amide bonds. The van der Waals surface area contributed by atoms with Gasteiger partial charge in [-0.15, -0.1) is 0 Å². The van der Waals surface area contributed by atoms with Crippen LogP contribution in [0.3, 0.4) is 0 Å². The summed E-state index contributed by atoms with van der Waals surface area (Å²) in [6.45, 7) is 11.9. The highest BCUT2D eigenvalue weighted by Crippen LogP contribution is 2.06. The molecule has 1 aliphatic heterocycles. The minimum atomic E-state index is -0.550. The molecule has 2 atom stereocenters. The van der Waals surface area contributed by atoms with Gasteiger partial charge in [0, 0.05) is 26.2 Å². The molecule has 9 nitrogen and oxygen atoms in total. The molecule has 170 valence electrons. The SMILES string of the molecule is CC(C)[C@H](N)C(=O)N1CCOCCOCCN(C(=O)[C@H](N)C(C)C)CCOCC1. The molecule has 0 aromatic rings. The molecule has 0 spiro atoms. The first kappa shape index (κ1) is 25.8. The largest absolute Gasteiger partial charge is 0.378 e. The van der Waals surface area contributed by atoms with Gasteiger partial charge >= 0.3 is 0 Å². The van der Waals surface area contributed by atoms with Gasteiger partial charge in [-0.2, -0.15) is 0 Å². The maximum Gasteiger partial charge on any atom is 0.239 e. The van der Waals surface area contributed by atoms with Crippen LogP contribution >= 0.6 is 0 Å². The molecule has 0 aromatic carbocycles. The first-order chi connectivity index (χ1) is 13.8. The molecule has 0 radical (unpaired) electrons. The highest BCUT2D eigenvalue weighted by molar-refractivity contribution is 5.82. The summed E-state index contributed by atoms with van der Waals surface area (Å²) in [5, 5.41) is 0. The molecule has 9 heteroatoms. The fourth-order valence-electron chi connectivity index (χ4n) is 2.78. The molecule has 1 fully saturated rings. The van der Waals surface area contributed by atoms with Crippen LogP contribution in [0.2, 0.25) is 0 Å². The van der Waals surface area contributed by atoms with E-state index < -0.39 is 12.1 Å². The van der Waals surface area contributed by atoms with Crippen molar-refractivity contribution in [3.05, 3.63) is 0 Å². The van der Waals surface area contributed by atoms with Crippen molar-refractivity contribution in [3.63, 3.8) is 0 Å². The van der Waals surface area contributed by atoms with Gasteiger partial charge in [-0.1, -0.05) is 27.7 Å². The van der Waals surface area contributed by atoms with E-state index in [4.69, 9.17) is 25.7 Å². The fourth-order valence-corrected chi connectivity index (χ4v) is 2.78. The zero-order valence-corrected chi connectivity index (χ0v) is 18.5. The predicted molar refractivity (Wildman–Crippen MR) is 111 cm³/mol. The average Bonchev–Trinajstić information content (AvgIpc) is 2.70. The minimum Gasteiger partial charge on any atom is -0.378 e. The van der Waals surface area contributed by atoms with E-state index in [9.17, 15) is 9.59 Å². The minimum absolute atomic E-state index is 0.0547. The van der Waals surface area contributed by atoms with Crippen molar-refractivity contribution < 1.29 is 23.8 Å². The lowest BCUT2D eigenvalue weighted by Crippen LogP contribution is -2.49. The molecule has 0 aromatic heterocycles. The van der Waals surface area contributed by atoms with Crippen molar-refractivity contribution in [1.29, 1.82) is 0 Å². The first-order valence-electron chi connectivity index (χ1n) is 10.6. The lowest BCUT2D eigenvalue weighted by atomic mass is 10.0. The number of rotatable bonds is 4. The highest BCUT2D eigenvalue weighted by atomic mass is 16.5. The second-order valence-corrected chi connectivity index (χ2v) is 8.03. The molecule has 0 aliphatic carbocycles. The highest BCUT2D eigenvalue weighted by Gasteiger charge is 2.25. The maximum atomic E-state index is 12.6. The molecule has 0 bridgehead atoms.